The number of aryl methyl sites for hydroxylation is 1. The van der Waals surface area contributed by atoms with Crippen molar-refractivity contribution in [3.63, 3.8) is 0 Å². The molecule has 0 N–H and O–H groups in total. The van der Waals surface area contributed by atoms with Gasteiger partial charge in [-0.15, -0.1) is 0 Å². The van der Waals surface area contributed by atoms with E-state index in [1.54, 1.807) is 0 Å². The molecular weight excluding hydrogens is 254 g/mol. The number of para-hydroxylation sites is 1. The summed E-state index contributed by atoms with van der Waals surface area (Å²) in [6, 6.07) is 19.1. The zero-order valence-electron chi connectivity index (χ0n) is 12.5. The molecule has 0 amide bonds. The van der Waals surface area contributed by atoms with Crippen molar-refractivity contribution in [3.8, 4) is 11.1 Å². The van der Waals surface area contributed by atoms with Crippen LogP contribution >= 0.6 is 0 Å². The van der Waals surface area contributed by atoms with Gasteiger partial charge in [0, 0.05) is 11.6 Å². The lowest BCUT2D eigenvalue weighted by molar-refractivity contribution is 0.717. The second-order valence-corrected chi connectivity index (χ2v) is 5.50. The summed E-state index contributed by atoms with van der Waals surface area (Å²) in [6.45, 7) is 2.25. The summed E-state index contributed by atoms with van der Waals surface area (Å²) in [5.74, 6) is 0. The average Bonchev–Trinajstić information content (AvgIpc) is 2.55. The Morgan fingerprint density at radius 1 is 0.857 bits per heavy atom. The highest BCUT2D eigenvalue weighted by atomic mass is 14.7. The van der Waals surface area contributed by atoms with Crippen LogP contribution in [-0.2, 0) is 6.42 Å². The van der Waals surface area contributed by atoms with Gasteiger partial charge < -0.3 is 0 Å². The summed E-state index contributed by atoms with van der Waals surface area (Å²) >= 11 is 0. The first-order valence-corrected chi connectivity index (χ1v) is 7.82. The lowest BCUT2D eigenvalue weighted by Gasteiger charge is -2.13. The molecule has 0 aliphatic heterocycles. The standard InChI is InChI=1S/C20H21N/c1-2-3-5-12-17-15-21-19-14-9-8-13-18(19)20(17)16-10-6-4-7-11-16/h4,6-11,13-15H,2-3,5,12H2,1H3. The van der Waals surface area contributed by atoms with Crippen molar-refractivity contribution in [1.29, 1.82) is 0 Å². The van der Waals surface area contributed by atoms with Gasteiger partial charge in [0.2, 0.25) is 0 Å². The third-order valence-corrected chi connectivity index (χ3v) is 3.97. The van der Waals surface area contributed by atoms with Crippen LogP contribution in [0.4, 0.5) is 0 Å². The van der Waals surface area contributed by atoms with Crippen molar-refractivity contribution < 1.29 is 0 Å². The van der Waals surface area contributed by atoms with Gasteiger partial charge in [0.05, 0.1) is 5.52 Å². The minimum absolute atomic E-state index is 1.08. The van der Waals surface area contributed by atoms with E-state index in [2.05, 4.69) is 72.7 Å². The van der Waals surface area contributed by atoms with Gasteiger partial charge in [-0.3, -0.25) is 4.98 Å². The number of hydrogen-bond acceptors (Lipinski definition) is 1. The van der Waals surface area contributed by atoms with Crippen molar-refractivity contribution in [2.45, 2.75) is 32.6 Å². The number of benzene rings is 2. The van der Waals surface area contributed by atoms with Crippen LogP contribution in [0, 0.1) is 0 Å². The van der Waals surface area contributed by atoms with Crippen molar-refractivity contribution in [2.75, 3.05) is 0 Å². The topological polar surface area (TPSA) is 12.9 Å². The third kappa shape index (κ3) is 2.97. The monoisotopic (exact) mass is 275 g/mol. The van der Waals surface area contributed by atoms with E-state index in [9.17, 15) is 0 Å². The third-order valence-electron chi connectivity index (χ3n) is 3.97. The van der Waals surface area contributed by atoms with Crippen LogP contribution in [0.3, 0.4) is 0 Å². The molecule has 0 unspecified atom stereocenters. The predicted molar refractivity (Wildman–Crippen MR) is 90.4 cm³/mol. The van der Waals surface area contributed by atoms with Crippen molar-refractivity contribution in [3.05, 3.63) is 66.4 Å². The molecule has 21 heavy (non-hydrogen) atoms. The molecule has 0 saturated carbocycles. The SMILES string of the molecule is CCCCCc1cnc2ccccc2c1-c1ccccc1. The molecule has 0 saturated heterocycles. The predicted octanol–water partition coefficient (Wildman–Crippen LogP) is 5.63. The van der Waals surface area contributed by atoms with E-state index in [4.69, 9.17) is 0 Å². The highest BCUT2D eigenvalue weighted by molar-refractivity contribution is 5.95. The van der Waals surface area contributed by atoms with Crippen molar-refractivity contribution in [1.82, 2.24) is 4.98 Å². The fraction of sp³-hybridized carbons (Fsp3) is 0.250. The Kier molecular flexibility index (Phi) is 4.30. The molecule has 0 aliphatic carbocycles. The highest BCUT2D eigenvalue weighted by Crippen LogP contribution is 2.31. The van der Waals surface area contributed by atoms with Crippen molar-refractivity contribution >= 4 is 10.9 Å². The van der Waals surface area contributed by atoms with Crippen LogP contribution in [0.15, 0.2) is 60.8 Å². The molecule has 3 rings (SSSR count). The molecule has 1 heterocycles. The first-order chi connectivity index (χ1) is 10.4. The molecule has 0 radical (unpaired) electrons. The zero-order valence-corrected chi connectivity index (χ0v) is 12.5. The Morgan fingerprint density at radius 3 is 2.43 bits per heavy atom. The maximum absolute atomic E-state index is 4.65. The summed E-state index contributed by atoms with van der Waals surface area (Å²) in [4.78, 5) is 4.65. The summed E-state index contributed by atoms with van der Waals surface area (Å²) in [5, 5.41) is 1.26. The van der Waals surface area contributed by atoms with Crippen LogP contribution in [0.2, 0.25) is 0 Å². The van der Waals surface area contributed by atoms with E-state index in [0.29, 0.717) is 0 Å². The number of fused-ring (bicyclic) bond motifs is 1. The lowest BCUT2D eigenvalue weighted by atomic mass is 9.94. The zero-order chi connectivity index (χ0) is 14.5. The second-order valence-electron chi connectivity index (χ2n) is 5.50. The molecule has 0 fully saturated rings. The number of rotatable bonds is 5. The molecular formula is C20H21N. The van der Waals surface area contributed by atoms with Crippen LogP contribution in [0.5, 0.6) is 0 Å². The Labute approximate surface area is 126 Å². The van der Waals surface area contributed by atoms with Gasteiger partial charge in [-0.05, 0) is 35.6 Å². The largest absolute Gasteiger partial charge is 0.256 e. The van der Waals surface area contributed by atoms with Gasteiger partial charge in [0.15, 0.2) is 0 Å². The van der Waals surface area contributed by atoms with E-state index in [1.165, 1.54) is 41.3 Å². The maximum atomic E-state index is 4.65. The molecule has 1 heteroatoms. The van der Waals surface area contributed by atoms with E-state index in [1.807, 2.05) is 0 Å². The summed E-state index contributed by atoms with van der Waals surface area (Å²) in [5.41, 5.74) is 5.10. The fourth-order valence-electron chi connectivity index (χ4n) is 2.88. The van der Waals surface area contributed by atoms with Gasteiger partial charge in [0.1, 0.15) is 0 Å². The molecule has 1 aromatic heterocycles. The maximum Gasteiger partial charge on any atom is 0.0708 e. The normalized spacial score (nSPS) is 10.9. The number of pyridine rings is 1. The molecule has 0 atom stereocenters. The smallest absolute Gasteiger partial charge is 0.0708 e. The molecule has 2 aromatic carbocycles. The fourth-order valence-corrected chi connectivity index (χ4v) is 2.88. The van der Waals surface area contributed by atoms with Crippen LogP contribution in [0.25, 0.3) is 22.0 Å². The average molecular weight is 275 g/mol. The number of aromatic nitrogens is 1. The number of unbranched alkanes of at least 4 members (excludes halogenated alkanes) is 2. The van der Waals surface area contributed by atoms with Gasteiger partial charge in [-0.25, -0.2) is 0 Å². The molecule has 0 bridgehead atoms. The van der Waals surface area contributed by atoms with E-state index >= 15 is 0 Å². The quantitative estimate of drug-likeness (QED) is 0.549. The lowest BCUT2D eigenvalue weighted by Crippen LogP contribution is -1.94. The Morgan fingerprint density at radius 2 is 1.62 bits per heavy atom. The molecule has 0 spiro atoms. The first-order valence-electron chi connectivity index (χ1n) is 7.82. The summed E-state index contributed by atoms with van der Waals surface area (Å²) in [7, 11) is 0. The van der Waals surface area contributed by atoms with Gasteiger partial charge >= 0.3 is 0 Å². The highest BCUT2D eigenvalue weighted by Gasteiger charge is 2.10. The van der Waals surface area contributed by atoms with Crippen molar-refractivity contribution in [2.24, 2.45) is 0 Å². The van der Waals surface area contributed by atoms with E-state index in [-0.39, 0.29) is 0 Å². The van der Waals surface area contributed by atoms with E-state index < -0.39 is 0 Å². The Balaban J connectivity index is 2.13. The van der Waals surface area contributed by atoms with Gasteiger partial charge in [-0.1, -0.05) is 68.3 Å². The Hall–Kier alpha value is -2.15. The minimum atomic E-state index is 1.08. The van der Waals surface area contributed by atoms with Crippen LogP contribution < -0.4 is 0 Å². The summed E-state index contributed by atoms with van der Waals surface area (Å²) < 4.78 is 0. The van der Waals surface area contributed by atoms with Gasteiger partial charge in [0.25, 0.3) is 0 Å². The summed E-state index contributed by atoms with van der Waals surface area (Å²) in [6.07, 6.45) is 6.94. The number of hydrogen-bond donors (Lipinski definition) is 0. The molecule has 0 aliphatic rings. The molecule has 106 valence electrons. The molecule has 3 aromatic rings. The number of nitrogens with zero attached hydrogens (tertiary/aromatic N) is 1. The van der Waals surface area contributed by atoms with E-state index in [0.717, 1.165) is 11.9 Å². The second kappa shape index (κ2) is 6.53. The van der Waals surface area contributed by atoms with Gasteiger partial charge in [-0.2, -0.15) is 0 Å². The molecule has 1 nitrogen and oxygen atoms in total. The van der Waals surface area contributed by atoms with Crippen LogP contribution in [-0.4, -0.2) is 4.98 Å². The minimum Gasteiger partial charge on any atom is -0.256 e. The van der Waals surface area contributed by atoms with Crippen LogP contribution in [0.1, 0.15) is 31.7 Å². The Bertz CT molecular complexity index is 716. The first kappa shape index (κ1) is 13.8.